The van der Waals surface area contributed by atoms with Crippen LogP contribution in [0.25, 0.3) is 5.82 Å². The third-order valence-corrected chi connectivity index (χ3v) is 6.99. The van der Waals surface area contributed by atoms with Gasteiger partial charge in [0.25, 0.3) is 11.7 Å². The molecule has 3 heterocycles. The second-order valence-electron chi connectivity index (χ2n) is 10.2. The number of halogens is 3. The Kier molecular flexibility index (Phi) is 7.33. The molecular weight excluding hydrogens is 497 g/mol. The highest BCUT2D eigenvalue weighted by Crippen LogP contribution is 2.31. The van der Waals surface area contributed by atoms with Crippen LogP contribution in [0.15, 0.2) is 30.3 Å². The number of nitrogens with zero attached hydrogens (tertiary/aromatic N) is 6. The van der Waals surface area contributed by atoms with E-state index in [1.54, 1.807) is 13.8 Å². The van der Waals surface area contributed by atoms with Gasteiger partial charge in [0.05, 0.1) is 0 Å². The summed E-state index contributed by atoms with van der Waals surface area (Å²) >= 11 is 0. The molecule has 1 atom stereocenters. The highest BCUT2D eigenvalue weighted by Gasteiger charge is 2.37. The number of amides is 1. The molecule has 5 rings (SSSR count). The summed E-state index contributed by atoms with van der Waals surface area (Å²) in [6.45, 7) is 5.94. The minimum Gasteiger partial charge on any atom is -0.348 e. The topological polar surface area (TPSA) is 101 Å². The summed E-state index contributed by atoms with van der Waals surface area (Å²) in [5, 5.41) is 17.1. The Labute approximate surface area is 218 Å². The van der Waals surface area contributed by atoms with E-state index in [0.717, 1.165) is 43.5 Å². The summed E-state index contributed by atoms with van der Waals surface area (Å²) in [5.74, 6) is -1.87. The summed E-state index contributed by atoms with van der Waals surface area (Å²) < 4.78 is 41.5. The van der Waals surface area contributed by atoms with Gasteiger partial charge in [-0.3, -0.25) is 4.79 Å². The number of rotatable bonds is 6. The van der Waals surface area contributed by atoms with E-state index in [0.29, 0.717) is 11.7 Å². The Morgan fingerprint density at radius 1 is 1.03 bits per heavy atom. The zero-order chi connectivity index (χ0) is 26.9. The van der Waals surface area contributed by atoms with Gasteiger partial charge < -0.3 is 15.5 Å². The Balaban J connectivity index is 1.39. The lowest BCUT2D eigenvalue weighted by atomic mass is 10.0. The first kappa shape index (κ1) is 26.1. The Hall–Kier alpha value is -3.54. The zero-order valence-electron chi connectivity index (χ0n) is 21.4. The van der Waals surface area contributed by atoms with E-state index in [1.165, 1.54) is 36.1 Å². The molecule has 38 heavy (non-hydrogen) atoms. The smallest absolute Gasteiger partial charge is 0.348 e. The maximum absolute atomic E-state index is 13.5. The number of carbonyl (C=O) groups excluding carboxylic acids is 1. The molecule has 1 aliphatic carbocycles. The molecule has 1 saturated heterocycles. The Morgan fingerprint density at radius 2 is 1.76 bits per heavy atom. The van der Waals surface area contributed by atoms with E-state index in [2.05, 4.69) is 35.8 Å². The number of likely N-dealkylation sites (tertiary alicyclic amines) is 1. The van der Waals surface area contributed by atoms with Gasteiger partial charge in [-0.15, -0.1) is 15.3 Å². The van der Waals surface area contributed by atoms with E-state index >= 15 is 0 Å². The minimum absolute atomic E-state index is 0.000174. The van der Waals surface area contributed by atoms with Crippen LogP contribution in [0.3, 0.4) is 0 Å². The second kappa shape index (κ2) is 10.7. The predicted molar refractivity (Wildman–Crippen MR) is 136 cm³/mol. The first-order valence-corrected chi connectivity index (χ1v) is 13.0. The fourth-order valence-corrected chi connectivity index (χ4v) is 5.14. The summed E-state index contributed by atoms with van der Waals surface area (Å²) in [4.78, 5) is 18.5. The van der Waals surface area contributed by atoms with E-state index < -0.39 is 17.9 Å². The maximum atomic E-state index is 13.5. The average Bonchev–Trinajstić information content (AvgIpc) is 3.51. The minimum atomic E-state index is -4.75. The van der Waals surface area contributed by atoms with Crippen molar-refractivity contribution in [1.29, 1.82) is 0 Å². The number of alkyl halides is 3. The molecule has 1 unspecified atom stereocenters. The van der Waals surface area contributed by atoms with Crippen molar-refractivity contribution < 1.29 is 18.0 Å². The molecule has 2 aromatic heterocycles. The van der Waals surface area contributed by atoms with Crippen molar-refractivity contribution in [2.45, 2.75) is 70.6 Å². The van der Waals surface area contributed by atoms with Gasteiger partial charge in [-0.1, -0.05) is 6.07 Å². The molecule has 1 aliphatic heterocycles. The predicted octanol–water partition coefficient (Wildman–Crippen LogP) is 4.30. The molecule has 0 bridgehead atoms. The van der Waals surface area contributed by atoms with E-state index in [1.807, 2.05) is 18.2 Å². The van der Waals surface area contributed by atoms with Crippen LogP contribution in [-0.4, -0.2) is 60.9 Å². The van der Waals surface area contributed by atoms with Crippen molar-refractivity contribution in [2.75, 3.05) is 18.4 Å². The van der Waals surface area contributed by atoms with Crippen LogP contribution in [0, 0.1) is 0 Å². The van der Waals surface area contributed by atoms with Crippen LogP contribution in [0.4, 0.5) is 24.8 Å². The molecule has 202 valence electrons. The van der Waals surface area contributed by atoms with Crippen LogP contribution in [0.2, 0.25) is 0 Å². The number of aromatic nitrogens is 5. The fourth-order valence-electron chi connectivity index (χ4n) is 5.14. The molecule has 3 aromatic rings. The van der Waals surface area contributed by atoms with Gasteiger partial charge >= 0.3 is 6.18 Å². The number of benzene rings is 1. The van der Waals surface area contributed by atoms with Crippen LogP contribution >= 0.6 is 0 Å². The molecule has 0 saturated carbocycles. The molecule has 1 fully saturated rings. The Morgan fingerprint density at radius 3 is 2.42 bits per heavy atom. The fraction of sp³-hybridized carbons (Fsp3) is 0.500. The molecular formula is C26H31F3N8O. The molecule has 0 radical (unpaired) electrons. The lowest BCUT2D eigenvalue weighted by molar-refractivity contribution is -0.144. The van der Waals surface area contributed by atoms with Gasteiger partial charge in [0.15, 0.2) is 11.5 Å². The van der Waals surface area contributed by atoms with Crippen LogP contribution < -0.4 is 10.6 Å². The first-order valence-electron chi connectivity index (χ1n) is 13.0. The number of fused-ring (bicyclic) bond motifs is 1. The summed E-state index contributed by atoms with van der Waals surface area (Å²) in [6.07, 6.45) is 1.86. The number of aryl methyl sites for hydroxylation is 2. The highest BCUT2D eigenvalue weighted by atomic mass is 19.4. The molecule has 1 amide bonds. The lowest BCUT2D eigenvalue weighted by Crippen LogP contribution is -2.32. The number of anilines is 2. The van der Waals surface area contributed by atoms with Gasteiger partial charge in [-0.25, -0.2) is 0 Å². The zero-order valence-corrected chi connectivity index (χ0v) is 21.4. The van der Waals surface area contributed by atoms with Gasteiger partial charge in [0, 0.05) is 17.8 Å². The van der Waals surface area contributed by atoms with Crippen LogP contribution in [0.1, 0.15) is 67.0 Å². The highest BCUT2D eigenvalue weighted by molar-refractivity contribution is 5.92. The van der Waals surface area contributed by atoms with Gasteiger partial charge in [0.1, 0.15) is 0 Å². The van der Waals surface area contributed by atoms with Gasteiger partial charge in [-0.05, 0) is 101 Å². The number of hydrogen-bond donors (Lipinski definition) is 2. The van der Waals surface area contributed by atoms with E-state index in [4.69, 9.17) is 0 Å². The number of nitrogens with one attached hydrogen (secondary N) is 2. The standard InChI is InChI=1S/C26H31F3N8O/c1-16(2)30-23(38)21-11-12-22(34-33-21)37-25(32-24(35-37)26(27,28)29)31-19-8-5-17-6-9-20(10-7-18(17)15-19)36-13-3-4-14-36/h5,8,11-12,15-16,20H,3-4,6-7,9-10,13-14H2,1-2H3,(H,30,38)(H,31,32,35). The second-order valence-corrected chi connectivity index (χ2v) is 10.2. The van der Waals surface area contributed by atoms with Crippen molar-refractivity contribution in [2.24, 2.45) is 0 Å². The third-order valence-electron chi connectivity index (χ3n) is 6.99. The molecule has 9 nitrogen and oxygen atoms in total. The SMILES string of the molecule is CC(C)NC(=O)c1ccc(-n2nc(C(F)(F)F)nc2Nc2ccc3c(c2)CCC(N2CCCC2)CC3)nn1. The van der Waals surface area contributed by atoms with Crippen molar-refractivity contribution in [3.63, 3.8) is 0 Å². The van der Waals surface area contributed by atoms with Crippen LogP contribution in [0.5, 0.6) is 0 Å². The van der Waals surface area contributed by atoms with Gasteiger partial charge in [-0.2, -0.15) is 22.8 Å². The molecule has 0 spiro atoms. The summed E-state index contributed by atoms with van der Waals surface area (Å²) in [7, 11) is 0. The molecule has 1 aromatic carbocycles. The van der Waals surface area contributed by atoms with Gasteiger partial charge in [0.2, 0.25) is 5.95 Å². The monoisotopic (exact) mass is 528 g/mol. The lowest BCUT2D eigenvalue weighted by Gasteiger charge is -2.25. The molecule has 2 aliphatic rings. The molecule has 2 N–H and O–H groups in total. The Bertz CT molecular complexity index is 1280. The first-order chi connectivity index (χ1) is 18.2. The summed E-state index contributed by atoms with van der Waals surface area (Å²) in [5.41, 5.74) is 3.13. The normalized spacial score (nSPS) is 18.3. The van der Waals surface area contributed by atoms with E-state index in [9.17, 15) is 18.0 Å². The van der Waals surface area contributed by atoms with Crippen molar-refractivity contribution >= 4 is 17.5 Å². The van der Waals surface area contributed by atoms with Crippen molar-refractivity contribution in [1.82, 2.24) is 35.2 Å². The largest absolute Gasteiger partial charge is 0.453 e. The van der Waals surface area contributed by atoms with E-state index in [-0.39, 0.29) is 23.5 Å². The number of carbonyl (C=O) groups is 1. The molecule has 12 heteroatoms. The quantitative estimate of drug-likeness (QED) is 0.460. The van der Waals surface area contributed by atoms with Crippen LogP contribution in [-0.2, 0) is 19.0 Å². The third kappa shape index (κ3) is 5.79. The number of hydrogen-bond acceptors (Lipinski definition) is 7. The van der Waals surface area contributed by atoms with Crippen molar-refractivity contribution in [3.8, 4) is 5.82 Å². The summed E-state index contributed by atoms with van der Waals surface area (Å²) in [6, 6.07) is 9.12. The average molecular weight is 529 g/mol. The maximum Gasteiger partial charge on any atom is 0.453 e. The van der Waals surface area contributed by atoms with Crippen molar-refractivity contribution in [3.05, 3.63) is 53.0 Å².